The van der Waals surface area contributed by atoms with Crippen LogP contribution in [0.25, 0.3) is 10.8 Å². The van der Waals surface area contributed by atoms with Crippen molar-refractivity contribution in [2.24, 2.45) is 0 Å². The SMILES string of the molecule is CCCN(CC(=O)N(CCc1ccccc1)Cc1ccco1)C(=O)c1ccc2ccccc2c1. The Bertz CT molecular complexity index is 1220. The number of hydrogen-bond donors (Lipinski definition) is 0. The number of nitrogens with zero attached hydrogens (tertiary/aromatic N) is 2. The van der Waals surface area contributed by atoms with E-state index in [4.69, 9.17) is 4.42 Å². The Hall–Kier alpha value is -3.86. The van der Waals surface area contributed by atoms with E-state index in [0.717, 1.165) is 34.9 Å². The Labute approximate surface area is 200 Å². The van der Waals surface area contributed by atoms with Crippen LogP contribution in [0.2, 0.25) is 0 Å². The van der Waals surface area contributed by atoms with E-state index in [1.54, 1.807) is 16.1 Å². The van der Waals surface area contributed by atoms with Gasteiger partial charge in [0.05, 0.1) is 12.8 Å². The fraction of sp³-hybridized carbons (Fsp3) is 0.241. The van der Waals surface area contributed by atoms with Crippen molar-refractivity contribution in [3.05, 3.63) is 108 Å². The third kappa shape index (κ3) is 5.93. The minimum atomic E-state index is -0.123. The van der Waals surface area contributed by atoms with Gasteiger partial charge in [0.25, 0.3) is 5.91 Å². The van der Waals surface area contributed by atoms with Gasteiger partial charge in [0.15, 0.2) is 0 Å². The highest BCUT2D eigenvalue weighted by molar-refractivity contribution is 6.00. The van der Waals surface area contributed by atoms with E-state index < -0.39 is 0 Å². The zero-order valence-electron chi connectivity index (χ0n) is 19.5. The van der Waals surface area contributed by atoms with Crippen LogP contribution in [-0.4, -0.2) is 41.2 Å². The van der Waals surface area contributed by atoms with Gasteiger partial charge >= 0.3 is 0 Å². The summed E-state index contributed by atoms with van der Waals surface area (Å²) in [6, 6.07) is 27.4. The summed E-state index contributed by atoms with van der Waals surface area (Å²) in [5.74, 6) is 0.515. The number of fused-ring (bicyclic) bond motifs is 1. The van der Waals surface area contributed by atoms with Crippen LogP contribution in [0.15, 0.2) is 95.6 Å². The second-order valence-electron chi connectivity index (χ2n) is 8.42. The van der Waals surface area contributed by atoms with E-state index in [-0.39, 0.29) is 18.4 Å². The van der Waals surface area contributed by atoms with Crippen LogP contribution < -0.4 is 0 Å². The fourth-order valence-corrected chi connectivity index (χ4v) is 4.08. The molecule has 0 aliphatic rings. The highest BCUT2D eigenvalue weighted by Gasteiger charge is 2.23. The Balaban J connectivity index is 1.50. The molecule has 2 amide bonds. The minimum absolute atomic E-state index is 0.0367. The average Bonchev–Trinajstić information content (AvgIpc) is 3.39. The molecule has 0 saturated heterocycles. The summed E-state index contributed by atoms with van der Waals surface area (Å²) in [5, 5.41) is 2.10. The molecule has 0 bridgehead atoms. The predicted molar refractivity (Wildman–Crippen MR) is 134 cm³/mol. The maximum Gasteiger partial charge on any atom is 0.254 e. The van der Waals surface area contributed by atoms with Crippen molar-refractivity contribution in [3.8, 4) is 0 Å². The van der Waals surface area contributed by atoms with Crippen molar-refractivity contribution in [2.45, 2.75) is 26.3 Å². The van der Waals surface area contributed by atoms with Gasteiger partial charge in [0.2, 0.25) is 5.91 Å². The van der Waals surface area contributed by atoms with Gasteiger partial charge in [-0.25, -0.2) is 0 Å². The molecule has 4 aromatic rings. The smallest absolute Gasteiger partial charge is 0.254 e. The van der Waals surface area contributed by atoms with Gasteiger partial charge in [-0.3, -0.25) is 9.59 Å². The van der Waals surface area contributed by atoms with Crippen LogP contribution in [0.1, 0.15) is 35.0 Å². The van der Waals surface area contributed by atoms with Gasteiger partial charge in [0, 0.05) is 18.7 Å². The molecule has 5 heteroatoms. The summed E-state index contributed by atoms with van der Waals surface area (Å²) >= 11 is 0. The summed E-state index contributed by atoms with van der Waals surface area (Å²) in [5.41, 5.74) is 1.76. The maximum absolute atomic E-state index is 13.4. The first-order valence-corrected chi connectivity index (χ1v) is 11.8. The van der Waals surface area contributed by atoms with Crippen LogP contribution in [0.3, 0.4) is 0 Å². The Morgan fingerprint density at radius 2 is 1.56 bits per heavy atom. The molecule has 4 rings (SSSR count). The van der Waals surface area contributed by atoms with E-state index in [9.17, 15) is 9.59 Å². The molecule has 5 nitrogen and oxygen atoms in total. The van der Waals surface area contributed by atoms with Crippen molar-refractivity contribution in [2.75, 3.05) is 19.6 Å². The van der Waals surface area contributed by atoms with Crippen LogP contribution in [0, 0.1) is 0 Å². The Morgan fingerprint density at radius 1 is 0.794 bits per heavy atom. The second kappa shape index (κ2) is 11.3. The molecule has 1 aromatic heterocycles. The van der Waals surface area contributed by atoms with Crippen LogP contribution in [0.5, 0.6) is 0 Å². The molecule has 0 N–H and O–H groups in total. The first-order chi connectivity index (χ1) is 16.6. The molecule has 0 aliphatic heterocycles. The molecular weight excluding hydrogens is 424 g/mol. The lowest BCUT2D eigenvalue weighted by Crippen LogP contribution is -2.43. The molecule has 34 heavy (non-hydrogen) atoms. The molecular formula is C29H30N2O3. The van der Waals surface area contributed by atoms with Gasteiger partial charge in [-0.05, 0) is 53.4 Å². The van der Waals surface area contributed by atoms with Crippen LogP contribution in [-0.2, 0) is 17.8 Å². The lowest BCUT2D eigenvalue weighted by molar-refractivity contribution is -0.132. The predicted octanol–water partition coefficient (Wildman–Crippen LogP) is 5.56. The number of benzene rings is 3. The monoisotopic (exact) mass is 454 g/mol. The highest BCUT2D eigenvalue weighted by atomic mass is 16.3. The van der Waals surface area contributed by atoms with Gasteiger partial charge in [-0.2, -0.15) is 0 Å². The lowest BCUT2D eigenvalue weighted by atomic mass is 10.1. The fourth-order valence-electron chi connectivity index (χ4n) is 4.08. The first kappa shape index (κ1) is 23.3. The molecule has 0 radical (unpaired) electrons. The number of rotatable bonds is 10. The highest BCUT2D eigenvalue weighted by Crippen LogP contribution is 2.18. The van der Waals surface area contributed by atoms with Crippen molar-refractivity contribution in [3.63, 3.8) is 0 Å². The molecule has 0 aliphatic carbocycles. The summed E-state index contributed by atoms with van der Waals surface area (Å²) in [7, 11) is 0. The zero-order chi connectivity index (χ0) is 23.8. The summed E-state index contributed by atoms with van der Waals surface area (Å²) < 4.78 is 5.50. The molecule has 0 fully saturated rings. The van der Waals surface area contributed by atoms with E-state index in [2.05, 4.69) is 12.1 Å². The Morgan fingerprint density at radius 3 is 2.29 bits per heavy atom. The van der Waals surface area contributed by atoms with Crippen molar-refractivity contribution >= 4 is 22.6 Å². The third-order valence-corrected chi connectivity index (χ3v) is 5.90. The van der Waals surface area contributed by atoms with Gasteiger partial charge in [0.1, 0.15) is 12.3 Å². The number of amides is 2. The first-order valence-electron chi connectivity index (χ1n) is 11.8. The van der Waals surface area contributed by atoms with Crippen molar-refractivity contribution in [1.29, 1.82) is 0 Å². The van der Waals surface area contributed by atoms with Gasteiger partial charge in [-0.1, -0.05) is 67.6 Å². The lowest BCUT2D eigenvalue weighted by Gasteiger charge is -2.27. The molecule has 3 aromatic carbocycles. The van der Waals surface area contributed by atoms with Crippen LogP contribution >= 0.6 is 0 Å². The zero-order valence-corrected chi connectivity index (χ0v) is 19.5. The van der Waals surface area contributed by atoms with Gasteiger partial charge < -0.3 is 14.2 Å². The van der Waals surface area contributed by atoms with E-state index in [1.165, 1.54) is 0 Å². The minimum Gasteiger partial charge on any atom is -0.467 e. The molecule has 0 saturated carbocycles. The normalized spacial score (nSPS) is 10.9. The summed E-state index contributed by atoms with van der Waals surface area (Å²) in [6.45, 7) is 3.50. The average molecular weight is 455 g/mol. The Kier molecular flexibility index (Phi) is 7.76. The summed E-state index contributed by atoms with van der Waals surface area (Å²) in [4.78, 5) is 30.2. The van der Waals surface area contributed by atoms with E-state index >= 15 is 0 Å². The number of carbonyl (C=O) groups is 2. The number of furan rings is 1. The molecule has 0 spiro atoms. The molecule has 174 valence electrons. The largest absolute Gasteiger partial charge is 0.467 e. The standard InChI is InChI=1S/C29H30N2O3/c1-2-17-31(29(33)26-15-14-24-11-6-7-12-25(24)20-26)22-28(32)30(21-27-13-8-19-34-27)18-16-23-9-4-3-5-10-23/h3-15,19-20H,2,16-18,21-22H2,1H3. The van der Waals surface area contributed by atoms with Crippen LogP contribution in [0.4, 0.5) is 0 Å². The van der Waals surface area contributed by atoms with Crippen molar-refractivity contribution in [1.82, 2.24) is 9.80 Å². The quantitative estimate of drug-likeness (QED) is 0.315. The van der Waals surface area contributed by atoms with E-state index in [1.807, 2.05) is 79.7 Å². The summed E-state index contributed by atoms with van der Waals surface area (Å²) in [6.07, 6.45) is 3.12. The maximum atomic E-state index is 13.4. The number of hydrogen-bond acceptors (Lipinski definition) is 3. The molecule has 1 heterocycles. The third-order valence-electron chi connectivity index (χ3n) is 5.90. The second-order valence-corrected chi connectivity index (χ2v) is 8.42. The van der Waals surface area contributed by atoms with E-state index in [0.29, 0.717) is 25.2 Å². The number of carbonyl (C=O) groups excluding carboxylic acids is 2. The van der Waals surface area contributed by atoms with Gasteiger partial charge in [-0.15, -0.1) is 0 Å². The molecule has 0 atom stereocenters. The molecule has 0 unspecified atom stereocenters. The van der Waals surface area contributed by atoms with Crippen molar-refractivity contribution < 1.29 is 14.0 Å². The topological polar surface area (TPSA) is 53.8 Å².